The molecule has 0 bridgehead atoms. The maximum absolute atomic E-state index is 12.3. The molecule has 3 N–H and O–H groups in total. The zero-order chi connectivity index (χ0) is 23.4. The lowest BCUT2D eigenvalue weighted by molar-refractivity contribution is -0.384. The maximum Gasteiger partial charge on any atom is 0.519 e. The van der Waals surface area contributed by atoms with Crippen molar-refractivity contribution >= 4 is 44.4 Å². The van der Waals surface area contributed by atoms with Crippen LogP contribution in [0.15, 0.2) is 48.7 Å². The van der Waals surface area contributed by atoms with Gasteiger partial charge in [0, 0.05) is 45.4 Å². The van der Waals surface area contributed by atoms with Crippen LogP contribution in [0.5, 0.6) is 17.4 Å². The fourth-order valence-electron chi connectivity index (χ4n) is 4.96. The van der Waals surface area contributed by atoms with Crippen LogP contribution in [0, 0.1) is 10.1 Å². The number of fused-ring (bicyclic) bond motifs is 8. The lowest BCUT2D eigenvalue weighted by Gasteiger charge is -2.18. The third-order valence-corrected chi connectivity index (χ3v) is 6.42. The number of rotatable bonds is 3. The molecular formula is C25H19N3O6. The van der Waals surface area contributed by atoms with Gasteiger partial charge in [-0.3, -0.25) is 10.1 Å². The van der Waals surface area contributed by atoms with E-state index in [2.05, 4.69) is 9.97 Å². The first-order chi connectivity index (χ1) is 16.5. The average molecular weight is 457 g/mol. The molecule has 1 aliphatic carbocycles. The van der Waals surface area contributed by atoms with Crippen molar-refractivity contribution in [1.82, 2.24) is 9.97 Å². The van der Waals surface area contributed by atoms with E-state index in [1.807, 2.05) is 12.3 Å². The number of nitro benzene ring substituents is 1. The highest BCUT2D eigenvalue weighted by molar-refractivity contribution is 6.23. The molecule has 2 aromatic heterocycles. The minimum Gasteiger partial charge on any atom is -0.494 e. The van der Waals surface area contributed by atoms with E-state index in [1.54, 1.807) is 12.1 Å². The van der Waals surface area contributed by atoms with E-state index in [0.29, 0.717) is 5.75 Å². The first-order valence-corrected chi connectivity index (χ1v) is 10.9. The van der Waals surface area contributed by atoms with Gasteiger partial charge in [-0.05, 0) is 67.1 Å². The molecule has 0 amide bonds. The quantitative estimate of drug-likeness (QED) is 0.134. The summed E-state index contributed by atoms with van der Waals surface area (Å²) in [5.41, 5.74) is 4.24. The van der Waals surface area contributed by atoms with Gasteiger partial charge in [0.15, 0.2) is 5.88 Å². The zero-order valence-corrected chi connectivity index (χ0v) is 17.9. The number of benzene rings is 3. The third kappa shape index (κ3) is 3.13. The summed E-state index contributed by atoms with van der Waals surface area (Å²) in [6.45, 7) is 0. The van der Waals surface area contributed by atoms with Gasteiger partial charge in [-0.1, -0.05) is 0 Å². The molecular weight excluding hydrogens is 438 g/mol. The standard InChI is InChI=1S/C25H19N3O6/c29-24-22-16-3-1-2-4-17(16)23-21(19(22)12-26-24)18-11-15(9-10-20(18)27-23)34-25(30)33-14-7-5-13(6-8-14)28(31)32/h5-12,26-27,29H,1-4H2. The molecule has 0 radical (unpaired) electrons. The van der Waals surface area contributed by atoms with Crippen LogP contribution in [0.2, 0.25) is 0 Å². The van der Waals surface area contributed by atoms with Crippen molar-refractivity contribution in [3.63, 3.8) is 0 Å². The second kappa shape index (κ2) is 7.51. The average Bonchev–Trinajstić information content (AvgIpc) is 3.40. The number of H-pyrrole nitrogens is 2. The Hall–Kier alpha value is -4.53. The SMILES string of the molecule is O=C(Oc1ccc([N+](=O)[O-])cc1)Oc1ccc2[nH]c3c4c(c5c(O)[nH]cc5c3c2c1)CCCC4. The van der Waals surface area contributed by atoms with Gasteiger partial charge in [0.25, 0.3) is 5.69 Å². The molecule has 9 nitrogen and oxygen atoms in total. The van der Waals surface area contributed by atoms with Crippen LogP contribution < -0.4 is 9.47 Å². The molecule has 9 heteroatoms. The molecule has 0 unspecified atom stereocenters. The third-order valence-electron chi connectivity index (χ3n) is 6.42. The molecule has 0 atom stereocenters. The lowest BCUT2D eigenvalue weighted by atomic mass is 9.86. The van der Waals surface area contributed by atoms with Crippen molar-refractivity contribution < 1.29 is 24.3 Å². The number of carbonyl (C=O) groups is 1. The smallest absolute Gasteiger partial charge is 0.494 e. The number of aryl methyl sites for hydroxylation is 2. The molecule has 3 aromatic carbocycles. The molecule has 0 fully saturated rings. The van der Waals surface area contributed by atoms with Gasteiger partial charge in [-0.2, -0.15) is 0 Å². The van der Waals surface area contributed by atoms with Crippen LogP contribution in [0.3, 0.4) is 0 Å². The minimum atomic E-state index is -0.949. The summed E-state index contributed by atoms with van der Waals surface area (Å²) in [6.07, 6.45) is 4.90. The second-order valence-electron chi connectivity index (χ2n) is 8.38. The van der Waals surface area contributed by atoms with Crippen LogP contribution in [-0.2, 0) is 12.8 Å². The summed E-state index contributed by atoms with van der Waals surface area (Å²) >= 11 is 0. The van der Waals surface area contributed by atoms with Gasteiger partial charge >= 0.3 is 6.16 Å². The van der Waals surface area contributed by atoms with Gasteiger partial charge in [0.2, 0.25) is 0 Å². The lowest BCUT2D eigenvalue weighted by Crippen LogP contribution is -2.13. The van der Waals surface area contributed by atoms with Crippen molar-refractivity contribution in [2.24, 2.45) is 0 Å². The summed E-state index contributed by atoms with van der Waals surface area (Å²) in [5.74, 6) is 0.606. The first-order valence-electron chi connectivity index (χ1n) is 10.9. The topological polar surface area (TPSA) is 130 Å². The number of carbonyl (C=O) groups excluding carboxylic acids is 1. The van der Waals surface area contributed by atoms with Crippen LogP contribution in [0.1, 0.15) is 24.0 Å². The van der Waals surface area contributed by atoms with E-state index < -0.39 is 11.1 Å². The molecule has 170 valence electrons. The Morgan fingerprint density at radius 3 is 2.41 bits per heavy atom. The number of nitrogens with one attached hydrogen (secondary N) is 2. The van der Waals surface area contributed by atoms with Crippen LogP contribution in [0.4, 0.5) is 10.5 Å². The summed E-state index contributed by atoms with van der Waals surface area (Å²) < 4.78 is 10.5. The van der Waals surface area contributed by atoms with E-state index in [0.717, 1.165) is 58.3 Å². The number of nitrogens with zero attached hydrogens (tertiary/aromatic N) is 1. The van der Waals surface area contributed by atoms with E-state index >= 15 is 0 Å². The van der Waals surface area contributed by atoms with Crippen LogP contribution >= 0.6 is 0 Å². The predicted octanol–water partition coefficient (Wildman–Crippen LogP) is 5.87. The molecule has 1 aliphatic rings. The number of aromatic nitrogens is 2. The van der Waals surface area contributed by atoms with Crippen LogP contribution in [0.25, 0.3) is 32.6 Å². The number of aromatic hydroxyl groups is 1. The highest BCUT2D eigenvalue weighted by Gasteiger charge is 2.23. The molecule has 0 saturated carbocycles. The van der Waals surface area contributed by atoms with Crippen molar-refractivity contribution in [3.8, 4) is 17.4 Å². The van der Waals surface area contributed by atoms with Gasteiger partial charge < -0.3 is 24.5 Å². The van der Waals surface area contributed by atoms with Crippen molar-refractivity contribution in [2.45, 2.75) is 25.7 Å². The Balaban J connectivity index is 1.38. The summed E-state index contributed by atoms with van der Waals surface area (Å²) in [7, 11) is 0. The molecule has 0 aliphatic heterocycles. The van der Waals surface area contributed by atoms with E-state index in [9.17, 15) is 20.0 Å². The fraction of sp³-hybridized carbons (Fsp3) is 0.160. The van der Waals surface area contributed by atoms with Crippen LogP contribution in [-0.4, -0.2) is 26.2 Å². The summed E-state index contributed by atoms with van der Waals surface area (Å²) in [4.78, 5) is 29.0. The number of nitro groups is 1. The molecule has 0 spiro atoms. The van der Waals surface area contributed by atoms with Gasteiger partial charge in [0.1, 0.15) is 11.5 Å². The molecule has 5 aromatic rings. The Morgan fingerprint density at radius 1 is 0.941 bits per heavy atom. The molecule has 34 heavy (non-hydrogen) atoms. The number of non-ortho nitro benzene ring substituents is 1. The largest absolute Gasteiger partial charge is 0.519 e. The molecule has 2 heterocycles. The number of aromatic amines is 2. The molecule has 0 saturated heterocycles. The first kappa shape index (κ1) is 20.1. The highest BCUT2D eigenvalue weighted by atomic mass is 16.7. The monoisotopic (exact) mass is 457 g/mol. The van der Waals surface area contributed by atoms with Gasteiger partial charge in [-0.15, -0.1) is 0 Å². The van der Waals surface area contributed by atoms with Crippen molar-refractivity contribution in [1.29, 1.82) is 0 Å². The Kier molecular flexibility index (Phi) is 4.44. The second-order valence-corrected chi connectivity index (χ2v) is 8.38. The normalized spacial score (nSPS) is 13.3. The Labute approximate surface area is 192 Å². The minimum absolute atomic E-state index is 0.102. The van der Waals surface area contributed by atoms with E-state index in [4.69, 9.17) is 9.47 Å². The zero-order valence-electron chi connectivity index (χ0n) is 17.9. The van der Waals surface area contributed by atoms with E-state index in [-0.39, 0.29) is 17.3 Å². The number of ether oxygens (including phenoxy) is 2. The van der Waals surface area contributed by atoms with E-state index in [1.165, 1.54) is 35.4 Å². The van der Waals surface area contributed by atoms with Crippen molar-refractivity contribution in [3.05, 3.63) is 69.9 Å². The maximum atomic E-state index is 12.3. The fourth-order valence-corrected chi connectivity index (χ4v) is 4.96. The Morgan fingerprint density at radius 2 is 1.65 bits per heavy atom. The van der Waals surface area contributed by atoms with Crippen molar-refractivity contribution in [2.75, 3.05) is 0 Å². The summed E-state index contributed by atoms with van der Waals surface area (Å²) in [5, 5.41) is 24.9. The van der Waals surface area contributed by atoms with Gasteiger partial charge in [0.05, 0.1) is 10.4 Å². The highest BCUT2D eigenvalue weighted by Crippen LogP contribution is 2.43. The Bertz CT molecular complexity index is 1610. The number of hydrogen-bond donors (Lipinski definition) is 3. The number of hydrogen-bond acceptors (Lipinski definition) is 6. The van der Waals surface area contributed by atoms with Gasteiger partial charge in [-0.25, -0.2) is 4.79 Å². The summed E-state index contributed by atoms with van der Waals surface area (Å²) in [6, 6.07) is 10.5. The predicted molar refractivity (Wildman–Crippen MR) is 126 cm³/mol. The molecule has 6 rings (SSSR count).